The smallest absolute Gasteiger partial charge is 0.127 e. The highest BCUT2D eigenvalue weighted by Crippen LogP contribution is 2.15. The highest BCUT2D eigenvalue weighted by molar-refractivity contribution is 5.86. The minimum Gasteiger partial charge on any atom is -0.507 e. The molecule has 4 nitrogen and oxygen atoms in total. The van der Waals surface area contributed by atoms with Crippen LogP contribution in [0.4, 0.5) is 0 Å². The maximum atomic E-state index is 9.55. The van der Waals surface area contributed by atoms with Crippen LogP contribution in [-0.2, 0) is 0 Å². The van der Waals surface area contributed by atoms with Crippen LogP contribution in [0.2, 0.25) is 0 Å². The average Bonchev–Trinajstić information content (AvgIpc) is 2.45. The van der Waals surface area contributed by atoms with Crippen LogP contribution >= 0.6 is 0 Å². The van der Waals surface area contributed by atoms with Gasteiger partial charge in [0.05, 0.1) is 19.5 Å². The van der Waals surface area contributed by atoms with Gasteiger partial charge in [0.1, 0.15) is 11.5 Å². The number of hydrogen-bond donors (Lipinski definition) is 1. The number of phenols is 1. The second kappa shape index (κ2) is 6.35. The molecule has 0 saturated heterocycles. The predicted octanol–water partition coefficient (Wildman–Crippen LogP) is 2.85. The minimum absolute atomic E-state index is 0.179. The molecular weight excluding hydrogens is 240 g/mol. The second-order valence-electron chi connectivity index (χ2n) is 3.79. The van der Waals surface area contributed by atoms with Gasteiger partial charge >= 0.3 is 0 Å². The Bertz CT molecular complexity index is 607. The molecule has 0 aliphatic carbocycles. The molecule has 4 heteroatoms. The Morgan fingerprint density at radius 1 is 0.895 bits per heavy atom. The summed E-state index contributed by atoms with van der Waals surface area (Å²) in [6, 6.07) is 14.5. The van der Waals surface area contributed by atoms with E-state index < -0.39 is 0 Å². The van der Waals surface area contributed by atoms with Crippen molar-refractivity contribution < 1.29 is 9.84 Å². The highest BCUT2D eigenvalue weighted by atomic mass is 16.5. The lowest BCUT2D eigenvalue weighted by atomic mass is 10.2. The first-order valence-corrected chi connectivity index (χ1v) is 5.78. The van der Waals surface area contributed by atoms with Gasteiger partial charge in [-0.2, -0.15) is 10.2 Å². The van der Waals surface area contributed by atoms with Crippen molar-refractivity contribution in [2.45, 2.75) is 0 Å². The Kier molecular flexibility index (Phi) is 4.29. The molecule has 0 amide bonds. The molecule has 0 bridgehead atoms. The number of rotatable bonds is 4. The molecule has 2 aromatic carbocycles. The third kappa shape index (κ3) is 3.42. The van der Waals surface area contributed by atoms with Gasteiger partial charge in [0.25, 0.3) is 0 Å². The van der Waals surface area contributed by atoms with Gasteiger partial charge in [0, 0.05) is 11.1 Å². The van der Waals surface area contributed by atoms with Crippen LogP contribution in [0.15, 0.2) is 58.7 Å². The van der Waals surface area contributed by atoms with E-state index >= 15 is 0 Å². The molecule has 1 N–H and O–H groups in total. The number of methoxy groups -OCH3 is 1. The Morgan fingerprint density at radius 2 is 1.47 bits per heavy atom. The lowest BCUT2D eigenvalue weighted by Crippen LogP contribution is -1.89. The lowest BCUT2D eigenvalue weighted by Gasteiger charge is -2.01. The fourth-order valence-electron chi connectivity index (χ4n) is 1.56. The molecule has 0 saturated carbocycles. The van der Waals surface area contributed by atoms with Gasteiger partial charge in [0.15, 0.2) is 0 Å². The summed E-state index contributed by atoms with van der Waals surface area (Å²) >= 11 is 0. The maximum Gasteiger partial charge on any atom is 0.127 e. The average molecular weight is 254 g/mol. The summed E-state index contributed by atoms with van der Waals surface area (Å²) in [7, 11) is 1.61. The fraction of sp³-hybridized carbons (Fsp3) is 0.0667. The van der Waals surface area contributed by atoms with E-state index in [1.165, 1.54) is 6.21 Å². The molecule has 0 unspecified atom stereocenters. The number of para-hydroxylation sites is 2. The zero-order valence-corrected chi connectivity index (χ0v) is 10.5. The van der Waals surface area contributed by atoms with Gasteiger partial charge in [-0.3, -0.25) is 0 Å². The molecule has 0 aromatic heterocycles. The third-order valence-electron chi connectivity index (χ3n) is 2.54. The van der Waals surface area contributed by atoms with Crippen molar-refractivity contribution in [2.75, 3.05) is 7.11 Å². The molecule has 0 fully saturated rings. The standard InChI is InChI=1S/C15H14N2O2/c1-19-15-9-5-3-7-13(15)11-17-16-10-12-6-2-4-8-14(12)18/h2-11,18H,1H3/b16-10+,17-11?. The maximum absolute atomic E-state index is 9.55. The summed E-state index contributed by atoms with van der Waals surface area (Å²) in [4.78, 5) is 0. The molecule has 0 spiro atoms. The van der Waals surface area contributed by atoms with Gasteiger partial charge in [-0.1, -0.05) is 24.3 Å². The van der Waals surface area contributed by atoms with E-state index in [1.807, 2.05) is 30.3 Å². The summed E-state index contributed by atoms with van der Waals surface area (Å²) in [5.41, 5.74) is 1.47. The van der Waals surface area contributed by atoms with Crippen molar-refractivity contribution in [3.8, 4) is 11.5 Å². The Labute approximate surface area is 111 Å². The molecule has 2 aromatic rings. The minimum atomic E-state index is 0.179. The van der Waals surface area contributed by atoms with Crippen LogP contribution in [0.5, 0.6) is 11.5 Å². The number of ether oxygens (including phenoxy) is 1. The Hall–Kier alpha value is -2.62. The fourth-order valence-corrected chi connectivity index (χ4v) is 1.56. The van der Waals surface area contributed by atoms with Gasteiger partial charge < -0.3 is 9.84 Å². The number of benzene rings is 2. The van der Waals surface area contributed by atoms with Crippen LogP contribution in [0.3, 0.4) is 0 Å². The van der Waals surface area contributed by atoms with Gasteiger partial charge in [0.2, 0.25) is 0 Å². The van der Waals surface area contributed by atoms with E-state index in [0.29, 0.717) is 5.56 Å². The summed E-state index contributed by atoms with van der Waals surface area (Å²) in [5, 5.41) is 17.4. The van der Waals surface area contributed by atoms with E-state index in [9.17, 15) is 5.11 Å². The monoisotopic (exact) mass is 254 g/mol. The lowest BCUT2D eigenvalue weighted by molar-refractivity contribution is 0.414. The predicted molar refractivity (Wildman–Crippen MR) is 76.3 cm³/mol. The summed E-state index contributed by atoms with van der Waals surface area (Å²) in [6.45, 7) is 0. The van der Waals surface area contributed by atoms with Crippen molar-refractivity contribution in [1.29, 1.82) is 0 Å². The van der Waals surface area contributed by atoms with Crippen molar-refractivity contribution in [3.63, 3.8) is 0 Å². The SMILES string of the molecule is COc1ccccc1C=N/N=C/c1ccccc1O. The molecule has 19 heavy (non-hydrogen) atoms. The van der Waals surface area contributed by atoms with E-state index in [2.05, 4.69) is 10.2 Å². The number of nitrogens with zero attached hydrogens (tertiary/aromatic N) is 2. The summed E-state index contributed by atoms with van der Waals surface area (Å²) in [6.07, 6.45) is 3.11. The van der Waals surface area contributed by atoms with Crippen LogP contribution in [0.25, 0.3) is 0 Å². The zero-order chi connectivity index (χ0) is 13.5. The third-order valence-corrected chi connectivity index (χ3v) is 2.54. The molecule has 0 aliphatic heterocycles. The van der Waals surface area contributed by atoms with E-state index in [-0.39, 0.29) is 5.75 Å². The van der Waals surface area contributed by atoms with E-state index in [1.54, 1.807) is 31.5 Å². The zero-order valence-electron chi connectivity index (χ0n) is 10.5. The molecular formula is C15H14N2O2. The van der Waals surface area contributed by atoms with E-state index in [0.717, 1.165) is 11.3 Å². The molecule has 0 aliphatic rings. The largest absolute Gasteiger partial charge is 0.507 e. The van der Waals surface area contributed by atoms with Crippen molar-refractivity contribution in [3.05, 3.63) is 59.7 Å². The topological polar surface area (TPSA) is 54.2 Å². The first kappa shape index (κ1) is 12.8. The number of aromatic hydroxyl groups is 1. The first-order chi connectivity index (χ1) is 9.31. The van der Waals surface area contributed by atoms with Crippen LogP contribution in [0, 0.1) is 0 Å². The Balaban J connectivity index is 2.10. The normalized spacial score (nSPS) is 11.2. The van der Waals surface area contributed by atoms with Gasteiger partial charge in [-0.05, 0) is 24.3 Å². The van der Waals surface area contributed by atoms with Crippen molar-refractivity contribution >= 4 is 12.4 Å². The quantitative estimate of drug-likeness (QED) is 0.673. The number of hydrogen-bond acceptors (Lipinski definition) is 4. The van der Waals surface area contributed by atoms with Gasteiger partial charge in [-0.25, -0.2) is 0 Å². The number of phenolic OH excluding ortho intramolecular Hbond substituents is 1. The Morgan fingerprint density at radius 3 is 2.16 bits per heavy atom. The van der Waals surface area contributed by atoms with Crippen molar-refractivity contribution in [2.24, 2.45) is 10.2 Å². The second-order valence-corrected chi connectivity index (χ2v) is 3.79. The molecule has 2 rings (SSSR count). The molecule has 96 valence electrons. The van der Waals surface area contributed by atoms with Gasteiger partial charge in [-0.15, -0.1) is 0 Å². The van der Waals surface area contributed by atoms with Crippen LogP contribution in [-0.4, -0.2) is 24.6 Å². The highest BCUT2D eigenvalue weighted by Gasteiger charge is 1.97. The summed E-state index contributed by atoms with van der Waals surface area (Å²) < 4.78 is 5.20. The molecule has 0 atom stereocenters. The molecule has 0 heterocycles. The summed E-state index contributed by atoms with van der Waals surface area (Å²) in [5.74, 6) is 0.919. The van der Waals surface area contributed by atoms with Crippen molar-refractivity contribution in [1.82, 2.24) is 0 Å². The molecule has 0 radical (unpaired) electrons. The van der Waals surface area contributed by atoms with Crippen LogP contribution < -0.4 is 4.74 Å². The first-order valence-electron chi connectivity index (χ1n) is 5.78. The van der Waals surface area contributed by atoms with E-state index in [4.69, 9.17) is 4.74 Å². The van der Waals surface area contributed by atoms with Crippen LogP contribution in [0.1, 0.15) is 11.1 Å².